The van der Waals surface area contributed by atoms with Gasteiger partial charge in [0.2, 0.25) is 0 Å². The van der Waals surface area contributed by atoms with Crippen molar-refractivity contribution in [2.75, 3.05) is 6.54 Å². The van der Waals surface area contributed by atoms with Crippen molar-refractivity contribution in [3.8, 4) is 28.1 Å². The predicted molar refractivity (Wildman–Crippen MR) is 136 cm³/mol. The van der Waals surface area contributed by atoms with E-state index in [1.54, 1.807) is 0 Å². The highest BCUT2D eigenvalue weighted by Gasteiger charge is 2.39. The summed E-state index contributed by atoms with van der Waals surface area (Å²) in [5.74, 6) is 2.11. The van der Waals surface area contributed by atoms with Crippen LogP contribution in [0, 0.1) is 5.92 Å². The van der Waals surface area contributed by atoms with Crippen molar-refractivity contribution in [3.63, 3.8) is 0 Å². The molecule has 7 heteroatoms. The number of carbonyl (C=O) groups excluding carboxylic acids is 1. The minimum Gasteiger partial charge on any atom is -0.488 e. The molecule has 0 bridgehead atoms. The Balaban J connectivity index is 1.36. The van der Waals surface area contributed by atoms with Gasteiger partial charge in [-0.2, -0.15) is 0 Å². The number of nitrogens with zero attached hydrogens (tertiary/aromatic N) is 2. The van der Waals surface area contributed by atoms with Crippen LogP contribution in [0.1, 0.15) is 62.8 Å². The van der Waals surface area contributed by atoms with Crippen molar-refractivity contribution in [1.29, 1.82) is 0 Å². The van der Waals surface area contributed by atoms with Crippen LogP contribution in [-0.4, -0.2) is 33.1 Å². The van der Waals surface area contributed by atoms with Gasteiger partial charge in [0.1, 0.15) is 23.8 Å². The van der Waals surface area contributed by atoms with E-state index in [1.165, 1.54) is 11.1 Å². The molecule has 6 nitrogen and oxygen atoms in total. The number of fused-ring (bicyclic) bond motifs is 6. The Morgan fingerprint density at radius 3 is 2.77 bits per heavy atom. The SMILES string of the molecule is CC1CC(c2nc3c([nH]2)CCc2cc4c(cc2-3)OCc2cc(Cl)ccc2-4)N(C(=O)OC(C)(C)C)C1. The molecule has 1 fully saturated rings. The van der Waals surface area contributed by atoms with Crippen molar-refractivity contribution in [2.45, 2.75) is 65.2 Å². The van der Waals surface area contributed by atoms with E-state index in [-0.39, 0.29) is 12.1 Å². The molecular formula is C28H30ClN3O3. The summed E-state index contributed by atoms with van der Waals surface area (Å²) in [7, 11) is 0. The molecule has 35 heavy (non-hydrogen) atoms. The summed E-state index contributed by atoms with van der Waals surface area (Å²) in [4.78, 5) is 23.4. The van der Waals surface area contributed by atoms with Crippen LogP contribution in [0.4, 0.5) is 4.79 Å². The maximum Gasteiger partial charge on any atom is 0.410 e. The van der Waals surface area contributed by atoms with Crippen molar-refractivity contribution < 1.29 is 14.3 Å². The topological polar surface area (TPSA) is 67.5 Å². The van der Waals surface area contributed by atoms with E-state index in [9.17, 15) is 4.79 Å². The number of aryl methyl sites for hydroxylation is 2. The van der Waals surface area contributed by atoms with Gasteiger partial charge in [0.25, 0.3) is 0 Å². The Hall–Kier alpha value is -2.99. The average Bonchev–Trinajstić information content (AvgIpc) is 3.40. The maximum atomic E-state index is 13.0. The average molecular weight is 492 g/mol. The first-order chi connectivity index (χ1) is 16.7. The predicted octanol–water partition coefficient (Wildman–Crippen LogP) is 6.71. The number of ether oxygens (including phenoxy) is 2. The molecule has 2 aromatic carbocycles. The standard InChI is InChI=1S/C28H30ClN3O3/c1-15-9-23(32(13-15)27(33)35-28(2,3)4)26-30-22-8-5-16-11-21-19-7-6-18(29)10-17(19)14-34-24(21)12-20(16)25(22)31-26/h6-7,10-12,15,23H,5,8-9,13-14H2,1-4H3,(H,30,31). The number of hydrogen-bond donors (Lipinski definition) is 1. The first-order valence-corrected chi connectivity index (χ1v) is 12.7. The van der Waals surface area contributed by atoms with Crippen LogP contribution in [0.25, 0.3) is 22.4 Å². The molecule has 2 aliphatic heterocycles. The number of halogens is 1. The summed E-state index contributed by atoms with van der Waals surface area (Å²) >= 11 is 6.20. The van der Waals surface area contributed by atoms with Gasteiger partial charge in [-0.3, -0.25) is 4.90 Å². The molecule has 1 aliphatic carbocycles. The van der Waals surface area contributed by atoms with Gasteiger partial charge in [0.15, 0.2) is 0 Å². The molecule has 1 aromatic heterocycles. The lowest BCUT2D eigenvalue weighted by Crippen LogP contribution is -2.37. The number of rotatable bonds is 1. The highest BCUT2D eigenvalue weighted by Crippen LogP contribution is 2.45. The molecule has 1 amide bonds. The van der Waals surface area contributed by atoms with Crippen molar-refractivity contribution in [1.82, 2.24) is 14.9 Å². The van der Waals surface area contributed by atoms with E-state index in [1.807, 2.05) is 37.8 Å². The monoisotopic (exact) mass is 491 g/mol. The zero-order valence-corrected chi connectivity index (χ0v) is 21.3. The molecule has 6 rings (SSSR count). The number of aromatic nitrogens is 2. The number of carbonyl (C=O) groups is 1. The molecule has 2 atom stereocenters. The highest BCUT2D eigenvalue weighted by atomic mass is 35.5. The second-order valence-corrected chi connectivity index (χ2v) is 11.5. The third kappa shape index (κ3) is 3.98. The minimum absolute atomic E-state index is 0.112. The molecule has 3 aliphatic rings. The summed E-state index contributed by atoms with van der Waals surface area (Å²) in [5, 5.41) is 0.726. The number of benzene rings is 2. The second-order valence-electron chi connectivity index (χ2n) is 11.0. The van der Waals surface area contributed by atoms with E-state index in [4.69, 9.17) is 26.1 Å². The molecule has 2 unspecified atom stereocenters. The summed E-state index contributed by atoms with van der Waals surface area (Å²) in [6.07, 6.45) is 2.40. The number of hydrogen-bond acceptors (Lipinski definition) is 4. The van der Waals surface area contributed by atoms with Gasteiger partial charge in [0, 0.05) is 28.4 Å². The lowest BCUT2D eigenvalue weighted by molar-refractivity contribution is 0.0214. The van der Waals surface area contributed by atoms with Gasteiger partial charge in [-0.15, -0.1) is 0 Å². The third-order valence-electron chi connectivity index (χ3n) is 7.10. The van der Waals surface area contributed by atoms with Gasteiger partial charge in [-0.1, -0.05) is 24.6 Å². The molecule has 3 heterocycles. The Bertz CT molecular complexity index is 1340. The highest BCUT2D eigenvalue weighted by molar-refractivity contribution is 6.30. The van der Waals surface area contributed by atoms with E-state index in [0.29, 0.717) is 19.1 Å². The Morgan fingerprint density at radius 1 is 1.14 bits per heavy atom. The molecule has 3 aromatic rings. The fourth-order valence-electron chi connectivity index (χ4n) is 5.56. The van der Waals surface area contributed by atoms with E-state index < -0.39 is 5.60 Å². The molecule has 1 saturated heterocycles. The Kier molecular flexibility index (Phi) is 5.15. The number of nitrogens with one attached hydrogen (secondary N) is 1. The third-order valence-corrected chi connectivity index (χ3v) is 7.33. The van der Waals surface area contributed by atoms with Crippen LogP contribution in [-0.2, 0) is 24.2 Å². The first-order valence-electron chi connectivity index (χ1n) is 12.3. The smallest absolute Gasteiger partial charge is 0.410 e. The van der Waals surface area contributed by atoms with Crippen LogP contribution < -0.4 is 4.74 Å². The second kappa shape index (κ2) is 8.02. The zero-order valence-electron chi connectivity index (χ0n) is 20.6. The summed E-state index contributed by atoms with van der Waals surface area (Å²) < 4.78 is 11.8. The fourth-order valence-corrected chi connectivity index (χ4v) is 5.75. The summed E-state index contributed by atoms with van der Waals surface area (Å²) in [6.45, 7) is 9.05. The van der Waals surface area contributed by atoms with Crippen LogP contribution in [0.15, 0.2) is 30.3 Å². The van der Waals surface area contributed by atoms with E-state index in [2.05, 4.69) is 30.1 Å². The normalized spacial score (nSPS) is 20.4. The summed E-state index contributed by atoms with van der Waals surface area (Å²) in [5.41, 5.74) is 7.35. The van der Waals surface area contributed by atoms with Gasteiger partial charge in [-0.25, -0.2) is 9.78 Å². The molecule has 0 radical (unpaired) electrons. The van der Waals surface area contributed by atoms with Crippen LogP contribution in [0.5, 0.6) is 5.75 Å². The fraction of sp³-hybridized carbons (Fsp3) is 0.429. The number of amides is 1. The van der Waals surface area contributed by atoms with Gasteiger partial charge in [-0.05, 0) is 86.9 Å². The largest absolute Gasteiger partial charge is 0.488 e. The Morgan fingerprint density at radius 2 is 1.97 bits per heavy atom. The van der Waals surface area contributed by atoms with Crippen molar-refractivity contribution >= 4 is 17.7 Å². The van der Waals surface area contributed by atoms with E-state index >= 15 is 0 Å². The Labute approximate surface area is 210 Å². The van der Waals surface area contributed by atoms with Crippen molar-refractivity contribution in [3.05, 3.63) is 58.0 Å². The maximum absolute atomic E-state index is 13.0. The minimum atomic E-state index is -0.530. The molecule has 0 saturated carbocycles. The quantitative estimate of drug-likeness (QED) is 0.411. The van der Waals surface area contributed by atoms with Crippen LogP contribution >= 0.6 is 11.6 Å². The van der Waals surface area contributed by atoms with Gasteiger partial charge >= 0.3 is 6.09 Å². The van der Waals surface area contributed by atoms with E-state index in [0.717, 1.165) is 63.9 Å². The molecular weight excluding hydrogens is 462 g/mol. The number of likely N-dealkylation sites (tertiary alicyclic amines) is 1. The lowest BCUT2D eigenvalue weighted by atomic mass is 9.87. The lowest BCUT2D eigenvalue weighted by Gasteiger charge is -2.27. The van der Waals surface area contributed by atoms with Crippen LogP contribution in [0.3, 0.4) is 0 Å². The van der Waals surface area contributed by atoms with Gasteiger partial charge in [0.05, 0.1) is 11.7 Å². The number of aromatic amines is 1. The first kappa shape index (κ1) is 22.5. The van der Waals surface area contributed by atoms with Gasteiger partial charge < -0.3 is 14.5 Å². The number of imidazole rings is 1. The molecule has 1 N–H and O–H groups in total. The number of H-pyrrole nitrogens is 1. The molecule has 0 spiro atoms. The van der Waals surface area contributed by atoms with Crippen LogP contribution in [0.2, 0.25) is 5.02 Å². The zero-order chi connectivity index (χ0) is 24.5. The summed E-state index contributed by atoms with van der Waals surface area (Å²) in [6, 6.07) is 10.3. The molecule has 182 valence electrons. The van der Waals surface area contributed by atoms with Crippen molar-refractivity contribution in [2.24, 2.45) is 5.92 Å².